The number of fused-ring (bicyclic) bond motifs is 2. The van der Waals surface area contributed by atoms with Gasteiger partial charge in [0.25, 0.3) is 0 Å². The summed E-state index contributed by atoms with van der Waals surface area (Å²) in [7, 11) is 0. The summed E-state index contributed by atoms with van der Waals surface area (Å²) in [5.74, 6) is -1.29. The third-order valence-corrected chi connectivity index (χ3v) is 6.05. The second-order valence-electron chi connectivity index (χ2n) is 7.16. The maximum Gasteiger partial charge on any atom is 0.336 e. The van der Waals surface area contributed by atoms with E-state index in [0.717, 1.165) is 25.7 Å². The fourth-order valence-corrected chi connectivity index (χ4v) is 5.06. The molecule has 21 heavy (non-hydrogen) atoms. The van der Waals surface area contributed by atoms with E-state index in [1.807, 2.05) is 0 Å². The molecule has 1 heterocycles. The fraction of sp³-hybridized carbons (Fsp3) is 0.867. The number of hydrogen-bond acceptors (Lipinski definition) is 3. The van der Waals surface area contributed by atoms with Gasteiger partial charge in [0.2, 0.25) is 0 Å². The van der Waals surface area contributed by atoms with E-state index in [1.165, 1.54) is 0 Å². The predicted molar refractivity (Wildman–Crippen MR) is 71.8 cm³/mol. The molecule has 0 unspecified atom stereocenters. The van der Waals surface area contributed by atoms with Crippen LogP contribution in [0.3, 0.4) is 0 Å². The van der Waals surface area contributed by atoms with Crippen molar-refractivity contribution in [3.8, 4) is 0 Å². The van der Waals surface area contributed by atoms with Crippen LogP contribution in [-0.2, 0) is 14.3 Å². The maximum absolute atomic E-state index is 12.1. The number of rotatable bonds is 4. The molecular formula is C15H22O6. The number of carboxylic acid groups (broad SMARTS) is 2. The molecule has 0 amide bonds. The van der Waals surface area contributed by atoms with Crippen molar-refractivity contribution in [2.24, 2.45) is 17.3 Å². The van der Waals surface area contributed by atoms with E-state index >= 15 is 0 Å². The van der Waals surface area contributed by atoms with E-state index in [2.05, 4.69) is 0 Å². The van der Waals surface area contributed by atoms with Gasteiger partial charge in [0.1, 0.15) is 5.41 Å². The van der Waals surface area contributed by atoms with E-state index in [4.69, 9.17) is 4.74 Å². The van der Waals surface area contributed by atoms with Crippen LogP contribution in [-0.4, -0.2) is 38.8 Å². The van der Waals surface area contributed by atoms with Crippen LogP contribution >= 0.6 is 0 Å². The highest BCUT2D eigenvalue weighted by Crippen LogP contribution is 2.71. The highest BCUT2D eigenvalue weighted by molar-refractivity contribution is 5.84. The van der Waals surface area contributed by atoms with Gasteiger partial charge < -0.3 is 20.4 Å². The molecule has 0 aromatic heterocycles. The summed E-state index contributed by atoms with van der Waals surface area (Å²) in [6.07, 6.45) is 5.78. The molecule has 4 rings (SSSR count). The standard InChI is InChI=1S/C15H20O5.H2O/c16-11(17)13-6-1-7-14(8-13,12(18)19)20-15(13,9-2-3-9)10-4-5-10;/h9-10H,1-8H2,(H,16,17)(H,18,19);1H2/t13-,14+;/m0./s1. The van der Waals surface area contributed by atoms with Crippen LogP contribution in [0.2, 0.25) is 0 Å². The minimum Gasteiger partial charge on any atom is -0.481 e. The van der Waals surface area contributed by atoms with Crippen LogP contribution in [0.1, 0.15) is 51.4 Å². The van der Waals surface area contributed by atoms with Crippen LogP contribution in [0.5, 0.6) is 0 Å². The number of hydrogen-bond donors (Lipinski definition) is 2. The lowest BCUT2D eigenvalue weighted by Gasteiger charge is -2.42. The summed E-state index contributed by atoms with van der Waals surface area (Å²) in [5, 5.41) is 19.6. The Balaban J connectivity index is 0.00000132. The molecular weight excluding hydrogens is 276 g/mol. The molecule has 2 atom stereocenters. The monoisotopic (exact) mass is 298 g/mol. The SMILES string of the molecule is O.O=C(O)[C@@]12CCC[C@@](C(=O)O)(C1)C(C1CC1)(C1CC1)O2. The number of carbonyl (C=O) groups is 2. The Labute approximate surface area is 122 Å². The number of carboxylic acids is 2. The summed E-state index contributed by atoms with van der Waals surface area (Å²) in [5.41, 5.74) is -2.92. The Hall–Kier alpha value is -1.14. The second-order valence-corrected chi connectivity index (χ2v) is 7.16. The summed E-state index contributed by atoms with van der Waals surface area (Å²) in [4.78, 5) is 23.9. The molecule has 0 aromatic carbocycles. The lowest BCUT2D eigenvalue weighted by atomic mass is 9.59. The van der Waals surface area contributed by atoms with E-state index in [9.17, 15) is 19.8 Å². The smallest absolute Gasteiger partial charge is 0.336 e. The van der Waals surface area contributed by atoms with Gasteiger partial charge in [-0.1, -0.05) is 0 Å². The number of ether oxygens (including phenoxy) is 1. The molecule has 6 nitrogen and oxygen atoms in total. The highest BCUT2D eigenvalue weighted by Gasteiger charge is 2.78. The lowest BCUT2D eigenvalue weighted by Crippen LogP contribution is -2.53. The zero-order valence-electron chi connectivity index (χ0n) is 11.9. The van der Waals surface area contributed by atoms with E-state index in [1.54, 1.807) is 0 Å². The second kappa shape index (κ2) is 4.20. The molecule has 4 aliphatic rings. The van der Waals surface area contributed by atoms with Gasteiger partial charge in [0.15, 0.2) is 5.60 Å². The summed E-state index contributed by atoms with van der Waals surface area (Å²) >= 11 is 0. The molecule has 0 spiro atoms. The molecule has 118 valence electrons. The lowest BCUT2D eigenvalue weighted by molar-refractivity contribution is -0.189. The van der Waals surface area contributed by atoms with Gasteiger partial charge in [0, 0.05) is 6.42 Å². The van der Waals surface area contributed by atoms with Crippen molar-refractivity contribution in [2.75, 3.05) is 0 Å². The van der Waals surface area contributed by atoms with E-state index < -0.39 is 28.6 Å². The third-order valence-electron chi connectivity index (χ3n) is 6.05. The van der Waals surface area contributed by atoms with Crippen molar-refractivity contribution in [1.82, 2.24) is 0 Å². The molecule has 3 aliphatic carbocycles. The van der Waals surface area contributed by atoms with Gasteiger partial charge in [-0.15, -0.1) is 0 Å². The summed E-state index contributed by atoms with van der Waals surface area (Å²) in [6, 6.07) is 0. The normalized spacial score (nSPS) is 40.4. The van der Waals surface area contributed by atoms with Crippen LogP contribution in [0.4, 0.5) is 0 Å². The van der Waals surface area contributed by atoms with Crippen LogP contribution in [0, 0.1) is 17.3 Å². The van der Waals surface area contributed by atoms with Gasteiger partial charge in [-0.05, 0) is 56.8 Å². The molecule has 0 radical (unpaired) electrons. The van der Waals surface area contributed by atoms with Crippen molar-refractivity contribution >= 4 is 11.9 Å². The highest BCUT2D eigenvalue weighted by atomic mass is 16.6. The van der Waals surface area contributed by atoms with E-state index in [0.29, 0.717) is 19.3 Å². The minimum absolute atomic E-state index is 0. The first-order chi connectivity index (χ1) is 9.47. The maximum atomic E-state index is 12.1. The largest absolute Gasteiger partial charge is 0.481 e. The average molecular weight is 298 g/mol. The summed E-state index contributed by atoms with van der Waals surface area (Å²) in [6.45, 7) is 0. The predicted octanol–water partition coefficient (Wildman–Crippen LogP) is 1.22. The van der Waals surface area contributed by atoms with Crippen molar-refractivity contribution in [3.63, 3.8) is 0 Å². The average Bonchev–Trinajstić information content (AvgIpc) is 3.27. The van der Waals surface area contributed by atoms with Crippen molar-refractivity contribution in [1.29, 1.82) is 0 Å². The summed E-state index contributed by atoms with van der Waals surface area (Å²) < 4.78 is 6.25. The Kier molecular flexibility index (Phi) is 2.95. The molecule has 4 N–H and O–H groups in total. The van der Waals surface area contributed by atoms with Gasteiger partial charge in [-0.2, -0.15) is 0 Å². The molecule has 1 saturated heterocycles. The van der Waals surface area contributed by atoms with Crippen LogP contribution < -0.4 is 0 Å². The zero-order chi connectivity index (χ0) is 14.2. The molecule has 6 heteroatoms. The van der Waals surface area contributed by atoms with Crippen LogP contribution in [0.25, 0.3) is 0 Å². The first-order valence-corrected chi connectivity index (χ1v) is 7.64. The molecule has 2 bridgehead atoms. The van der Waals surface area contributed by atoms with Gasteiger partial charge in [0.05, 0.1) is 5.60 Å². The van der Waals surface area contributed by atoms with Gasteiger partial charge in [-0.25, -0.2) is 4.79 Å². The van der Waals surface area contributed by atoms with Gasteiger partial charge >= 0.3 is 11.9 Å². The molecule has 1 aliphatic heterocycles. The third kappa shape index (κ3) is 1.60. The fourth-order valence-electron chi connectivity index (χ4n) is 5.06. The van der Waals surface area contributed by atoms with Gasteiger partial charge in [-0.3, -0.25) is 4.79 Å². The Morgan fingerprint density at radius 3 is 1.95 bits per heavy atom. The Morgan fingerprint density at radius 1 is 0.952 bits per heavy atom. The Bertz CT molecular complexity index is 482. The number of aliphatic carboxylic acids is 2. The van der Waals surface area contributed by atoms with Crippen molar-refractivity contribution in [2.45, 2.75) is 62.6 Å². The first-order valence-electron chi connectivity index (χ1n) is 7.64. The molecule has 4 fully saturated rings. The van der Waals surface area contributed by atoms with Crippen LogP contribution in [0.15, 0.2) is 0 Å². The molecule has 3 saturated carbocycles. The minimum atomic E-state index is -1.25. The quantitative estimate of drug-likeness (QED) is 0.809. The first kappa shape index (κ1) is 14.8. The molecule has 0 aromatic rings. The topological polar surface area (TPSA) is 115 Å². The zero-order valence-corrected chi connectivity index (χ0v) is 11.9. The van der Waals surface area contributed by atoms with E-state index in [-0.39, 0.29) is 23.7 Å². The van der Waals surface area contributed by atoms with Crippen molar-refractivity contribution in [3.05, 3.63) is 0 Å². The van der Waals surface area contributed by atoms with Crippen molar-refractivity contribution < 1.29 is 30.0 Å². The Morgan fingerprint density at radius 2 is 1.52 bits per heavy atom.